The quantitative estimate of drug-likeness (QED) is 0.622. The summed E-state index contributed by atoms with van der Waals surface area (Å²) in [6.07, 6.45) is 4.76. The zero-order chi connectivity index (χ0) is 22.2. The Kier molecular flexibility index (Phi) is 5.80. The number of imidazole rings is 1. The van der Waals surface area contributed by atoms with Crippen LogP contribution in [0.4, 0.5) is 4.39 Å². The van der Waals surface area contributed by atoms with E-state index in [1.807, 2.05) is 13.8 Å². The molecule has 11 heteroatoms. The number of H-pyrrole nitrogens is 1. The molecule has 1 fully saturated rings. The lowest BCUT2D eigenvalue weighted by molar-refractivity contribution is 0.269. The van der Waals surface area contributed by atoms with Gasteiger partial charge in [0, 0.05) is 31.7 Å². The number of rotatable bonds is 6. The second kappa shape index (κ2) is 8.39. The molecule has 1 aromatic carbocycles. The summed E-state index contributed by atoms with van der Waals surface area (Å²) >= 11 is 0. The molecule has 31 heavy (non-hydrogen) atoms. The average molecular weight is 449 g/mol. The van der Waals surface area contributed by atoms with Crippen LogP contribution in [0.3, 0.4) is 0 Å². The Balaban J connectivity index is 1.46. The van der Waals surface area contributed by atoms with E-state index in [4.69, 9.17) is 0 Å². The number of hydrogen-bond acceptors (Lipinski definition) is 5. The van der Waals surface area contributed by atoms with Crippen LogP contribution in [-0.4, -0.2) is 50.1 Å². The number of aromatic amines is 1. The van der Waals surface area contributed by atoms with E-state index in [2.05, 4.69) is 15.2 Å². The molecule has 0 spiro atoms. The Morgan fingerprint density at radius 3 is 2.58 bits per heavy atom. The summed E-state index contributed by atoms with van der Waals surface area (Å²) in [5.41, 5.74) is -0.349. The molecule has 1 saturated heterocycles. The van der Waals surface area contributed by atoms with Crippen LogP contribution < -0.4 is 5.69 Å². The SMILES string of the molecule is CC(C)n1cnc(S(=O)(=O)N2CCC(Cc3n[nH]c(=O)n3-c3ccccc3F)CC2)c1. The van der Waals surface area contributed by atoms with E-state index >= 15 is 0 Å². The molecule has 0 atom stereocenters. The predicted molar refractivity (Wildman–Crippen MR) is 112 cm³/mol. The molecule has 4 rings (SSSR count). The van der Waals surface area contributed by atoms with Gasteiger partial charge in [0.15, 0.2) is 5.03 Å². The second-order valence-corrected chi connectivity index (χ2v) is 9.92. The van der Waals surface area contributed by atoms with Crippen molar-refractivity contribution in [2.24, 2.45) is 5.92 Å². The average Bonchev–Trinajstić information content (AvgIpc) is 3.37. The third-order valence-electron chi connectivity index (χ3n) is 5.66. The molecule has 0 aliphatic carbocycles. The van der Waals surface area contributed by atoms with E-state index < -0.39 is 21.5 Å². The Hall–Kier alpha value is -2.79. The van der Waals surface area contributed by atoms with Crippen molar-refractivity contribution in [3.63, 3.8) is 0 Å². The van der Waals surface area contributed by atoms with E-state index in [0.717, 1.165) is 0 Å². The standard InChI is InChI=1S/C20H25FN6O3S/c1-14(2)25-12-19(22-13-25)31(29,30)26-9-7-15(8-10-26)11-18-23-24-20(28)27(18)17-6-4-3-5-16(17)21/h3-6,12-15H,7-11H2,1-2H3,(H,24,28). The molecule has 2 aromatic heterocycles. The monoisotopic (exact) mass is 448 g/mol. The van der Waals surface area contributed by atoms with Gasteiger partial charge >= 0.3 is 5.69 Å². The Bertz CT molecular complexity index is 1220. The molecule has 166 valence electrons. The zero-order valence-electron chi connectivity index (χ0n) is 17.4. The van der Waals surface area contributed by atoms with Gasteiger partial charge < -0.3 is 4.57 Å². The summed E-state index contributed by atoms with van der Waals surface area (Å²) in [6, 6.07) is 6.17. The van der Waals surface area contributed by atoms with Crippen molar-refractivity contribution in [2.45, 2.75) is 44.2 Å². The number of nitrogens with zero attached hydrogens (tertiary/aromatic N) is 5. The molecular formula is C20H25FN6O3S. The summed E-state index contributed by atoms with van der Waals surface area (Å²) in [5.74, 6) is 0.0569. The highest BCUT2D eigenvalue weighted by Crippen LogP contribution is 2.26. The lowest BCUT2D eigenvalue weighted by Gasteiger charge is -2.30. The number of piperidine rings is 1. The highest BCUT2D eigenvalue weighted by molar-refractivity contribution is 7.89. The molecule has 3 aromatic rings. The van der Waals surface area contributed by atoms with E-state index in [1.165, 1.54) is 27.3 Å². The van der Waals surface area contributed by atoms with Gasteiger partial charge in [-0.05, 0) is 44.7 Å². The first kappa shape index (κ1) is 21.4. The van der Waals surface area contributed by atoms with Gasteiger partial charge in [-0.2, -0.15) is 9.40 Å². The number of halogens is 1. The van der Waals surface area contributed by atoms with E-state index in [1.54, 1.807) is 22.9 Å². The first-order chi connectivity index (χ1) is 14.8. The zero-order valence-corrected chi connectivity index (χ0v) is 18.2. The lowest BCUT2D eigenvalue weighted by atomic mass is 9.94. The summed E-state index contributed by atoms with van der Waals surface area (Å²) in [6.45, 7) is 4.63. The van der Waals surface area contributed by atoms with Gasteiger partial charge in [-0.15, -0.1) is 0 Å². The number of para-hydroxylation sites is 1. The first-order valence-corrected chi connectivity index (χ1v) is 11.7. The van der Waals surface area contributed by atoms with Crippen molar-refractivity contribution in [1.29, 1.82) is 0 Å². The highest BCUT2D eigenvalue weighted by Gasteiger charge is 2.32. The van der Waals surface area contributed by atoms with Crippen LogP contribution in [0, 0.1) is 11.7 Å². The van der Waals surface area contributed by atoms with Crippen molar-refractivity contribution in [3.05, 3.63) is 58.9 Å². The van der Waals surface area contributed by atoms with Crippen LogP contribution in [0.2, 0.25) is 0 Å². The second-order valence-electron chi connectivity index (χ2n) is 8.04. The smallest absolute Gasteiger partial charge is 0.334 e. The van der Waals surface area contributed by atoms with Gasteiger partial charge in [0.05, 0.1) is 12.0 Å². The van der Waals surface area contributed by atoms with Gasteiger partial charge in [0.1, 0.15) is 11.6 Å². The molecule has 0 radical (unpaired) electrons. The maximum Gasteiger partial charge on any atom is 0.348 e. The summed E-state index contributed by atoms with van der Waals surface area (Å²) < 4.78 is 44.5. The van der Waals surface area contributed by atoms with Crippen molar-refractivity contribution in [3.8, 4) is 5.69 Å². The molecule has 1 aliphatic rings. The fourth-order valence-corrected chi connectivity index (χ4v) is 5.22. The fraction of sp³-hybridized carbons (Fsp3) is 0.450. The number of benzene rings is 1. The van der Waals surface area contributed by atoms with Gasteiger partial charge in [-0.25, -0.2) is 32.3 Å². The number of aromatic nitrogens is 5. The number of hydrogen-bond donors (Lipinski definition) is 1. The molecule has 3 heterocycles. The molecule has 1 N–H and O–H groups in total. The van der Waals surface area contributed by atoms with Crippen molar-refractivity contribution < 1.29 is 12.8 Å². The molecule has 0 saturated carbocycles. The van der Waals surface area contributed by atoms with Crippen LogP contribution in [0.1, 0.15) is 38.6 Å². The predicted octanol–water partition coefficient (Wildman–Crippen LogP) is 2.12. The lowest BCUT2D eigenvalue weighted by Crippen LogP contribution is -2.39. The van der Waals surface area contributed by atoms with Gasteiger partial charge in [0.25, 0.3) is 10.0 Å². The summed E-state index contributed by atoms with van der Waals surface area (Å²) in [7, 11) is -3.65. The Morgan fingerprint density at radius 2 is 1.94 bits per heavy atom. The van der Waals surface area contributed by atoms with Gasteiger partial charge in [-0.1, -0.05) is 12.1 Å². The normalized spacial score (nSPS) is 16.3. The highest BCUT2D eigenvalue weighted by atomic mass is 32.2. The minimum Gasteiger partial charge on any atom is -0.334 e. The summed E-state index contributed by atoms with van der Waals surface area (Å²) in [4.78, 5) is 16.3. The maximum absolute atomic E-state index is 14.2. The van der Waals surface area contributed by atoms with Crippen LogP contribution in [0.5, 0.6) is 0 Å². The Morgan fingerprint density at radius 1 is 1.23 bits per heavy atom. The van der Waals surface area contributed by atoms with Crippen LogP contribution in [0.15, 0.2) is 46.6 Å². The minimum atomic E-state index is -3.65. The summed E-state index contributed by atoms with van der Waals surface area (Å²) in [5, 5.41) is 6.52. The third kappa shape index (κ3) is 4.19. The molecule has 0 amide bonds. The van der Waals surface area contributed by atoms with Crippen molar-refractivity contribution >= 4 is 10.0 Å². The largest absolute Gasteiger partial charge is 0.348 e. The Labute approximate surface area is 179 Å². The van der Waals surface area contributed by atoms with E-state index in [-0.39, 0.29) is 22.7 Å². The minimum absolute atomic E-state index is 0.0559. The van der Waals surface area contributed by atoms with Crippen LogP contribution in [-0.2, 0) is 16.4 Å². The third-order valence-corrected chi connectivity index (χ3v) is 7.44. The first-order valence-electron chi connectivity index (χ1n) is 10.2. The van der Waals surface area contributed by atoms with Crippen molar-refractivity contribution in [2.75, 3.05) is 13.1 Å². The molecular weight excluding hydrogens is 423 g/mol. The maximum atomic E-state index is 14.2. The molecule has 1 aliphatic heterocycles. The molecule has 0 unspecified atom stereocenters. The topological polar surface area (TPSA) is 106 Å². The van der Waals surface area contributed by atoms with Crippen LogP contribution >= 0.6 is 0 Å². The number of nitrogens with one attached hydrogen (secondary N) is 1. The fourth-order valence-electron chi connectivity index (χ4n) is 3.83. The van der Waals surface area contributed by atoms with Gasteiger partial charge in [0.2, 0.25) is 0 Å². The van der Waals surface area contributed by atoms with Gasteiger partial charge in [-0.3, -0.25) is 0 Å². The molecule has 9 nitrogen and oxygen atoms in total. The van der Waals surface area contributed by atoms with E-state index in [0.29, 0.717) is 38.2 Å². The number of sulfonamides is 1. The van der Waals surface area contributed by atoms with Crippen LogP contribution in [0.25, 0.3) is 5.69 Å². The van der Waals surface area contributed by atoms with E-state index in [9.17, 15) is 17.6 Å². The molecule has 0 bridgehead atoms. The van der Waals surface area contributed by atoms with Crippen molar-refractivity contribution in [1.82, 2.24) is 28.6 Å².